The van der Waals surface area contributed by atoms with Gasteiger partial charge in [-0.3, -0.25) is 9.78 Å². The molecular weight excluding hydrogens is 302 g/mol. The van der Waals surface area contributed by atoms with Gasteiger partial charge in [0.2, 0.25) is 0 Å². The molecule has 1 aromatic carbocycles. The van der Waals surface area contributed by atoms with Crippen LogP contribution in [0.3, 0.4) is 0 Å². The number of nitrogens with one attached hydrogen (secondary N) is 1. The molecule has 24 heavy (non-hydrogen) atoms. The number of benzene rings is 1. The van der Waals surface area contributed by atoms with Crippen molar-refractivity contribution in [2.24, 2.45) is 0 Å². The predicted octanol–water partition coefficient (Wildman–Crippen LogP) is 3.06. The summed E-state index contributed by atoms with van der Waals surface area (Å²) in [6.07, 6.45) is 5.28. The van der Waals surface area contributed by atoms with Crippen LogP contribution in [0.1, 0.15) is 48.0 Å². The van der Waals surface area contributed by atoms with Crippen molar-refractivity contribution in [2.75, 3.05) is 13.7 Å². The van der Waals surface area contributed by atoms with E-state index < -0.39 is 0 Å². The predicted molar refractivity (Wildman–Crippen MR) is 94.5 cm³/mol. The SMILES string of the molecule is COc1cc(C)c(CCNC(=O)c2cnccn2)cc1C(C)(C)C. The molecular formula is C19H25N3O2. The summed E-state index contributed by atoms with van der Waals surface area (Å²) >= 11 is 0. The molecule has 1 aromatic heterocycles. The molecule has 5 nitrogen and oxygen atoms in total. The van der Waals surface area contributed by atoms with Crippen LogP contribution in [-0.2, 0) is 11.8 Å². The first kappa shape index (κ1) is 17.9. The Morgan fingerprint density at radius 2 is 2.00 bits per heavy atom. The van der Waals surface area contributed by atoms with Gasteiger partial charge in [-0.05, 0) is 41.5 Å². The summed E-state index contributed by atoms with van der Waals surface area (Å²) in [6.45, 7) is 9.11. The molecule has 2 aromatic rings. The summed E-state index contributed by atoms with van der Waals surface area (Å²) in [5.41, 5.74) is 3.87. The minimum atomic E-state index is -0.203. The van der Waals surface area contributed by atoms with Gasteiger partial charge in [0, 0.05) is 18.9 Å². The molecule has 1 amide bonds. The lowest BCUT2D eigenvalue weighted by atomic mass is 9.84. The molecule has 0 saturated carbocycles. The average molecular weight is 327 g/mol. The van der Waals surface area contributed by atoms with E-state index in [0.29, 0.717) is 12.2 Å². The van der Waals surface area contributed by atoms with Gasteiger partial charge in [0.1, 0.15) is 11.4 Å². The number of methoxy groups -OCH3 is 1. The highest BCUT2D eigenvalue weighted by molar-refractivity contribution is 5.91. The van der Waals surface area contributed by atoms with E-state index in [4.69, 9.17) is 4.74 Å². The lowest BCUT2D eigenvalue weighted by Gasteiger charge is -2.24. The van der Waals surface area contributed by atoms with E-state index in [1.54, 1.807) is 13.3 Å². The molecule has 0 fully saturated rings. The molecule has 5 heteroatoms. The molecule has 0 bridgehead atoms. The van der Waals surface area contributed by atoms with Crippen molar-refractivity contribution < 1.29 is 9.53 Å². The molecule has 0 unspecified atom stereocenters. The van der Waals surface area contributed by atoms with E-state index in [-0.39, 0.29) is 11.3 Å². The highest BCUT2D eigenvalue weighted by Gasteiger charge is 2.20. The summed E-state index contributed by atoms with van der Waals surface area (Å²) < 4.78 is 5.52. The van der Waals surface area contributed by atoms with Crippen LogP contribution in [0.15, 0.2) is 30.7 Å². The zero-order valence-corrected chi connectivity index (χ0v) is 15.0. The van der Waals surface area contributed by atoms with Gasteiger partial charge in [-0.2, -0.15) is 0 Å². The minimum absolute atomic E-state index is 0.00330. The van der Waals surface area contributed by atoms with Gasteiger partial charge in [-0.1, -0.05) is 26.8 Å². The number of amides is 1. The number of aryl methyl sites for hydroxylation is 1. The maximum atomic E-state index is 12.0. The van der Waals surface area contributed by atoms with E-state index in [2.05, 4.69) is 55.1 Å². The van der Waals surface area contributed by atoms with Gasteiger partial charge < -0.3 is 10.1 Å². The van der Waals surface area contributed by atoms with Crippen LogP contribution < -0.4 is 10.1 Å². The van der Waals surface area contributed by atoms with E-state index in [1.165, 1.54) is 23.5 Å². The molecule has 1 N–H and O–H groups in total. The monoisotopic (exact) mass is 327 g/mol. The molecule has 0 radical (unpaired) electrons. The first-order valence-electron chi connectivity index (χ1n) is 8.05. The number of rotatable bonds is 5. The smallest absolute Gasteiger partial charge is 0.271 e. The van der Waals surface area contributed by atoms with E-state index in [1.807, 2.05) is 0 Å². The first-order chi connectivity index (χ1) is 11.3. The highest BCUT2D eigenvalue weighted by Crippen LogP contribution is 2.33. The Bertz CT molecular complexity index is 707. The largest absolute Gasteiger partial charge is 0.496 e. The fourth-order valence-electron chi connectivity index (χ4n) is 2.57. The first-order valence-corrected chi connectivity index (χ1v) is 8.05. The number of carbonyl (C=O) groups excluding carboxylic acids is 1. The Kier molecular flexibility index (Phi) is 5.54. The van der Waals surface area contributed by atoms with Crippen molar-refractivity contribution in [3.8, 4) is 5.75 Å². The summed E-state index contributed by atoms with van der Waals surface area (Å²) in [5.74, 6) is 0.706. The highest BCUT2D eigenvalue weighted by atomic mass is 16.5. The quantitative estimate of drug-likeness (QED) is 0.916. The van der Waals surface area contributed by atoms with E-state index in [0.717, 1.165) is 17.7 Å². The second-order valence-corrected chi connectivity index (χ2v) is 6.83. The second kappa shape index (κ2) is 7.43. The van der Waals surface area contributed by atoms with Crippen LogP contribution >= 0.6 is 0 Å². The maximum Gasteiger partial charge on any atom is 0.271 e. The van der Waals surface area contributed by atoms with Gasteiger partial charge in [0.15, 0.2) is 0 Å². The third-order valence-electron chi connectivity index (χ3n) is 3.94. The molecule has 0 aliphatic carbocycles. The number of aromatic nitrogens is 2. The van der Waals surface area contributed by atoms with Gasteiger partial charge in [0.25, 0.3) is 5.91 Å². The van der Waals surface area contributed by atoms with Crippen molar-refractivity contribution in [2.45, 2.75) is 39.5 Å². The fraction of sp³-hybridized carbons (Fsp3) is 0.421. The molecule has 128 valence electrons. The normalized spacial score (nSPS) is 11.2. The van der Waals surface area contributed by atoms with Crippen LogP contribution in [-0.4, -0.2) is 29.5 Å². The molecule has 0 aliphatic rings. The number of ether oxygens (including phenoxy) is 1. The summed E-state index contributed by atoms with van der Waals surface area (Å²) in [6, 6.07) is 4.25. The molecule has 2 rings (SSSR count). The number of hydrogen-bond acceptors (Lipinski definition) is 4. The summed E-state index contributed by atoms with van der Waals surface area (Å²) in [7, 11) is 1.70. The van der Waals surface area contributed by atoms with E-state index >= 15 is 0 Å². The van der Waals surface area contributed by atoms with Gasteiger partial charge in [0.05, 0.1) is 13.3 Å². The summed E-state index contributed by atoms with van der Waals surface area (Å²) in [5, 5.41) is 2.89. The average Bonchev–Trinajstić information content (AvgIpc) is 2.55. The second-order valence-electron chi connectivity index (χ2n) is 6.83. The molecule has 0 saturated heterocycles. The Morgan fingerprint density at radius 1 is 1.25 bits per heavy atom. The van der Waals surface area contributed by atoms with Gasteiger partial charge in [-0.15, -0.1) is 0 Å². The summed E-state index contributed by atoms with van der Waals surface area (Å²) in [4.78, 5) is 19.9. The Balaban J connectivity index is 2.09. The number of carbonyl (C=O) groups is 1. The van der Waals surface area contributed by atoms with Crippen molar-refractivity contribution in [3.63, 3.8) is 0 Å². The van der Waals surface area contributed by atoms with Crippen LogP contribution in [0.5, 0.6) is 5.75 Å². The molecule has 1 heterocycles. The zero-order valence-electron chi connectivity index (χ0n) is 15.0. The van der Waals surface area contributed by atoms with Gasteiger partial charge in [-0.25, -0.2) is 4.98 Å². The lowest BCUT2D eigenvalue weighted by molar-refractivity contribution is 0.0948. The fourth-order valence-corrected chi connectivity index (χ4v) is 2.57. The van der Waals surface area contributed by atoms with Crippen molar-refractivity contribution >= 4 is 5.91 Å². The number of nitrogens with zero attached hydrogens (tertiary/aromatic N) is 2. The van der Waals surface area contributed by atoms with Crippen LogP contribution in [0, 0.1) is 6.92 Å². The van der Waals surface area contributed by atoms with Crippen molar-refractivity contribution in [1.82, 2.24) is 15.3 Å². The molecule has 0 spiro atoms. The topological polar surface area (TPSA) is 64.1 Å². The number of hydrogen-bond donors (Lipinski definition) is 1. The third-order valence-corrected chi connectivity index (χ3v) is 3.94. The zero-order chi connectivity index (χ0) is 17.7. The Labute approximate surface area is 143 Å². The van der Waals surface area contributed by atoms with Crippen molar-refractivity contribution in [1.29, 1.82) is 0 Å². The van der Waals surface area contributed by atoms with Crippen LogP contribution in [0.2, 0.25) is 0 Å². The standard InChI is InChI=1S/C19H25N3O2/c1-13-10-17(24-5)15(19(2,3)4)11-14(13)6-7-22-18(23)16-12-20-8-9-21-16/h8-12H,6-7H2,1-5H3,(H,22,23). The molecule has 0 aliphatic heterocycles. The van der Waals surface area contributed by atoms with Crippen LogP contribution in [0.4, 0.5) is 0 Å². The van der Waals surface area contributed by atoms with Crippen LogP contribution in [0.25, 0.3) is 0 Å². The minimum Gasteiger partial charge on any atom is -0.496 e. The van der Waals surface area contributed by atoms with E-state index in [9.17, 15) is 4.79 Å². The maximum absolute atomic E-state index is 12.0. The van der Waals surface area contributed by atoms with Crippen molar-refractivity contribution in [3.05, 3.63) is 53.1 Å². The Hall–Kier alpha value is -2.43. The van der Waals surface area contributed by atoms with Gasteiger partial charge >= 0.3 is 0 Å². The molecule has 0 atom stereocenters. The Morgan fingerprint density at radius 3 is 2.58 bits per heavy atom. The third kappa shape index (κ3) is 4.31. The lowest BCUT2D eigenvalue weighted by Crippen LogP contribution is -2.27.